The number of hydrogen-bond donors (Lipinski definition) is 4. The maximum absolute atomic E-state index is 13.2. The fourth-order valence-electron chi connectivity index (χ4n) is 3.47. The number of carbonyl (C=O) groups is 3. The monoisotopic (exact) mass is 446 g/mol. The van der Waals surface area contributed by atoms with Crippen LogP contribution in [0.5, 0.6) is 0 Å². The number of amides is 3. The quantitative estimate of drug-likeness (QED) is 0.343. The van der Waals surface area contributed by atoms with E-state index in [1.807, 2.05) is 35.8 Å². The maximum Gasteiger partial charge on any atom is 0.262 e. The van der Waals surface area contributed by atoms with Crippen LogP contribution in [0.1, 0.15) is 22.2 Å². The molecule has 0 saturated heterocycles. The van der Waals surface area contributed by atoms with Crippen molar-refractivity contribution in [2.75, 3.05) is 10.6 Å². The molecule has 2 aromatic carbocycles. The van der Waals surface area contributed by atoms with Crippen molar-refractivity contribution in [3.05, 3.63) is 82.7 Å². The highest BCUT2D eigenvalue weighted by Crippen LogP contribution is 2.21. The summed E-state index contributed by atoms with van der Waals surface area (Å²) in [6.45, 7) is 1.42. The first-order chi connectivity index (χ1) is 15.5. The highest BCUT2D eigenvalue weighted by atomic mass is 32.1. The molecule has 0 radical (unpaired) electrons. The minimum Gasteiger partial charge on any atom is -0.361 e. The molecule has 0 bridgehead atoms. The summed E-state index contributed by atoms with van der Waals surface area (Å²) in [5, 5.41) is 11.2. The summed E-state index contributed by atoms with van der Waals surface area (Å²) in [6, 6.07) is 17.4. The van der Waals surface area contributed by atoms with Crippen molar-refractivity contribution >= 4 is 51.3 Å². The predicted octanol–water partition coefficient (Wildman–Crippen LogP) is 4.17. The number of rotatable bonds is 7. The number of benzene rings is 2. The molecule has 32 heavy (non-hydrogen) atoms. The van der Waals surface area contributed by atoms with E-state index in [0.29, 0.717) is 22.7 Å². The third-order valence-corrected chi connectivity index (χ3v) is 5.78. The van der Waals surface area contributed by atoms with Crippen molar-refractivity contribution in [3.63, 3.8) is 0 Å². The lowest BCUT2D eigenvalue weighted by Gasteiger charge is -2.18. The van der Waals surface area contributed by atoms with Crippen LogP contribution >= 0.6 is 11.3 Å². The van der Waals surface area contributed by atoms with Gasteiger partial charge in [-0.3, -0.25) is 14.4 Å². The zero-order valence-corrected chi connectivity index (χ0v) is 18.2. The average Bonchev–Trinajstić information content (AvgIpc) is 3.44. The summed E-state index contributed by atoms with van der Waals surface area (Å²) >= 11 is 1.32. The van der Waals surface area contributed by atoms with Crippen molar-refractivity contribution in [3.8, 4) is 0 Å². The molecule has 8 heteroatoms. The van der Waals surface area contributed by atoms with Gasteiger partial charge in [-0.25, -0.2) is 0 Å². The molecule has 1 atom stereocenters. The fourth-order valence-corrected chi connectivity index (χ4v) is 4.10. The summed E-state index contributed by atoms with van der Waals surface area (Å²) < 4.78 is 0. The molecule has 7 nitrogen and oxygen atoms in total. The Morgan fingerprint density at radius 2 is 1.75 bits per heavy atom. The summed E-state index contributed by atoms with van der Waals surface area (Å²) in [5.41, 5.74) is 3.00. The van der Waals surface area contributed by atoms with E-state index in [1.165, 1.54) is 18.3 Å². The minimum absolute atomic E-state index is 0.200. The number of carbonyl (C=O) groups excluding carboxylic acids is 3. The molecule has 0 aliphatic carbocycles. The smallest absolute Gasteiger partial charge is 0.262 e. The van der Waals surface area contributed by atoms with E-state index in [1.54, 1.807) is 36.4 Å². The van der Waals surface area contributed by atoms with Crippen LogP contribution in [0.25, 0.3) is 10.9 Å². The second-order valence-corrected chi connectivity index (χ2v) is 8.27. The second kappa shape index (κ2) is 9.49. The molecule has 4 rings (SSSR count). The molecular weight excluding hydrogens is 424 g/mol. The van der Waals surface area contributed by atoms with E-state index in [0.717, 1.165) is 16.5 Å². The van der Waals surface area contributed by atoms with Gasteiger partial charge in [0.25, 0.3) is 5.91 Å². The standard InChI is InChI=1S/C24H22N4O3S/c1-15(29)26-17-6-4-7-18(13-17)27-23(30)21(28-24(31)22-10-5-11-32-22)12-16-14-25-20-9-3-2-8-19(16)20/h2-11,13-14,21,25H,12H2,1H3,(H,26,29)(H,27,30)(H,28,31)/t21-/m1/s1. The summed E-state index contributed by atoms with van der Waals surface area (Å²) in [5.74, 6) is -0.846. The number of hydrogen-bond acceptors (Lipinski definition) is 4. The number of thiophene rings is 1. The van der Waals surface area contributed by atoms with Crippen molar-refractivity contribution in [2.45, 2.75) is 19.4 Å². The van der Waals surface area contributed by atoms with Gasteiger partial charge < -0.3 is 20.9 Å². The molecule has 0 fully saturated rings. The van der Waals surface area contributed by atoms with E-state index in [4.69, 9.17) is 0 Å². The van der Waals surface area contributed by atoms with E-state index >= 15 is 0 Å². The number of fused-ring (bicyclic) bond motifs is 1. The van der Waals surface area contributed by atoms with E-state index in [2.05, 4.69) is 20.9 Å². The summed E-state index contributed by atoms with van der Waals surface area (Å²) in [7, 11) is 0. The lowest BCUT2D eigenvalue weighted by molar-refractivity contribution is -0.118. The van der Waals surface area contributed by atoms with Crippen LogP contribution in [0.4, 0.5) is 11.4 Å². The Bertz CT molecular complexity index is 1260. The van der Waals surface area contributed by atoms with Crippen LogP contribution < -0.4 is 16.0 Å². The van der Waals surface area contributed by atoms with Gasteiger partial charge in [0, 0.05) is 41.8 Å². The number of aromatic nitrogens is 1. The molecular formula is C24H22N4O3S. The molecule has 162 valence electrons. The first-order valence-electron chi connectivity index (χ1n) is 10.1. The van der Waals surface area contributed by atoms with Crippen LogP contribution in [0, 0.1) is 0 Å². The van der Waals surface area contributed by atoms with Gasteiger partial charge >= 0.3 is 0 Å². The number of nitrogens with one attached hydrogen (secondary N) is 4. The van der Waals surface area contributed by atoms with Crippen molar-refractivity contribution < 1.29 is 14.4 Å². The Morgan fingerprint density at radius 1 is 0.969 bits per heavy atom. The molecule has 2 heterocycles. The summed E-state index contributed by atoms with van der Waals surface area (Å²) in [4.78, 5) is 41.0. The third kappa shape index (κ3) is 5.04. The van der Waals surface area contributed by atoms with Gasteiger partial charge in [-0.05, 0) is 41.3 Å². The fraction of sp³-hybridized carbons (Fsp3) is 0.125. The normalized spacial score (nSPS) is 11.7. The van der Waals surface area contributed by atoms with E-state index < -0.39 is 6.04 Å². The third-order valence-electron chi connectivity index (χ3n) is 4.92. The number of para-hydroxylation sites is 1. The van der Waals surface area contributed by atoms with Crippen molar-refractivity contribution in [2.24, 2.45) is 0 Å². The topological polar surface area (TPSA) is 103 Å². The van der Waals surface area contributed by atoms with Crippen LogP contribution in [-0.4, -0.2) is 28.7 Å². The maximum atomic E-state index is 13.2. The zero-order valence-electron chi connectivity index (χ0n) is 17.3. The molecule has 0 unspecified atom stereocenters. The van der Waals surface area contributed by atoms with Gasteiger partial charge in [0.15, 0.2) is 0 Å². The van der Waals surface area contributed by atoms with Crippen LogP contribution in [-0.2, 0) is 16.0 Å². The first-order valence-corrected chi connectivity index (χ1v) is 11.0. The number of aromatic amines is 1. The van der Waals surface area contributed by atoms with Gasteiger partial charge in [0.05, 0.1) is 4.88 Å². The molecule has 4 aromatic rings. The minimum atomic E-state index is -0.798. The lowest BCUT2D eigenvalue weighted by atomic mass is 10.0. The Labute approximate surface area is 188 Å². The van der Waals surface area contributed by atoms with Crippen molar-refractivity contribution in [1.29, 1.82) is 0 Å². The van der Waals surface area contributed by atoms with Crippen LogP contribution in [0.2, 0.25) is 0 Å². The molecule has 2 aromatic heterocycles. The van der Waals surface area contributed by atoms with Gasteiger partial charge in [-0.15, -0.1) is 11.3 Å². The average molecular weight is 447 g/mol. The second-order valence-electron chi connectivity index (χ2n) is 7.32. The largest absolute Gasteiger partial charge is 0.361 e. The Morgan fingerprint density at radius 3 is 2.50 bits per heavy atom. The van der Waals surface area contributed by atoms with Gasteiger partial charge in [0.2, 0.25) is 11.8 Å². The molecule has 0 aliphatic heterocycles. The Hall–Kier alpha value is -3.91. The molecule has 3 amide bonds. The van der Waals surface area contributed by atoms with Gasteiger partial charge in [-0.1, -0.05) is 30.3 Å². The first kappa shape index (κ1) is 21.3. The van der Waals surface area contributed by atoms with E-state index in [-0.39, 0.29) is 17.7 Å². The number of H-pyrrole nitrogens is 1. The highest BCUT2D eigenvalue weighted by Gasteiger charge is 2.24. The van der Waals surface area contributed by atoms with Crippen molar-refractivity contribution in [1.82, 2.24) is 10.3 Å². The predicted molar refractivity (Wildman–Crippen MR) is 127 cm³/mol. The Balaban J connectivity index is 1.57. The molecule has 0 saturated carbocycles. The van der Waals surface area contributed by atoms with Crippen LogP contribution in [0.3, 0.4) is 0 Å². The zero-order chi connectivity index (χ0) is 22.5. The van der Waals surface area contributed by atoms with Gasteiger partial charge in [0.1, 0.15) is 6.04 Å². The molecule has 0 spiro atoms. The number of anilines is 2. The van der Waals surface area contributed by atoms with Gasteiger partial charge in [-0.2, -0.15) is 0 Å². The van der Waals surface area contributed by atoms with E-state index in [9.17, 15) is 14.4 Å². The Kier molecular flexibility index (Phi) is 6.32. The highest BCUT2D eigenvalue weighted by molar-refractivity contribution is 7.12. The SMILES string of the molecule is CC(=O)Nc1cccc(NC(=O)[C@@H](Cc2c[nH]c3ccccc23)NC(=O)c2cccs2)c1. The van der Waals surface area contributed by atoms with Crippen LogP contribution in [0.15, 0.2) is 72.2 Å². The molecule has 4 N–H and O–H groups in total. The summed E-state index contributed by atoms with van der Waals surface area (Å²) in [6.07, 6.45) is 2.18. The molecule has 0 aliphatic rings. The lowest BCUT2D eigenvalue weighted by Crippen LogP contribution is -2.45.